The monoisotopic (exact) mass is 437 g/mol. The highest BCUT2D eigenvalue weighted by atomic mass is 127. The highest BCUT2D eigenvalue weighted by molar-refractivity contribution is 14.1. The molecule has 0 aliphatic carbocycles. The van der Waals surface area contributed by atoms with E-state index in [0.29, 0.717) is 18.7 Å². The van der Waals surface area contributed by atoms with E-state index >= 15 is 0 Å². The van der Waals surface area contributed by atoms with Crippen molar-refractivity contribution < 1.29 is 8.60 Å². The fraction of sp³-hybridized carbons (Fsp3) is 0.500. The Labute approximate surface area is 145 Å². The van der Waals surface area contributed by atoms with Gasteiger partial charge in [-0.25, -0.2) is 9.38 Å². The van der Waals surface area contributed by atoms with Crippen LogP contribution in [0.4, 0.5) is 4.39 Å². The van der Waals surface area contributed by atoms with E-state index in [1.807, 2.05) is 0 Å². The lowest BCUT2D eigenvalue weighted by molar-refractivity contribution is 0.489. The van der Waals surface area contributed by atoms with Crippen LogP contribution in [0.5, 0.6) is 0 Å². The highest BCUT2D eigenvalue weighted by Gasteiger charge is 2.24. The minimum absolute atomic E-state index is 0.132. The smallest absolute Gasteiger partial charge is 0.175 e. The average Bonchev–Trinajstić information content (AvgIpc) is 2.65. The number of hydrogen-bond donors (Lipinski definition) is 1. The first-order chi connectivity index (χ1) is 10.3. The van der Waals surface area contributed by atoms with Gasteiger partial charge in [0.05, 0.1) is 5.54 Å². The summed E-state index contributed by atoms with van der Waals surface area (Å²) in [7, 11) is -1.52. The predicted octanol–water partition coefficient (Wildman–Crippen LogP) is 3.14. The van der Waals surface area contributed by atoms with Crippen molar-refractivity contribution in [2.75, 3.05) is 13.1 Å². The molecule has 0 aromatic heterocycles. The molecular weight excluding hydrogens is 418 g/mol. The first-order valence-electron chi connectivity index (χ1n) is 6.99. The number of nitrogens with zero attached hydrogens (tertiary/aromatic N) is 3. The van der Waals surface area contributed by atoms with Gasteiger partial charge in [-0.1, -0.05) is 10.8 Å². The third-order valence-electron chi connectivity index (χ3n) is 3.40. The Kier molecular flexibility index (Phi) is 5.65. The van der Waals surface area contributed by atoms with Crippen LogP contribution in [0.1, 0.15) is 32.3 Å². The van der Waals surface area contributed by atoms with E-state index in [4.69, 9.17) is 5.73 Å². The maximum absolute atomic E-state index is 14.1. The quantitative estimate of drug-likeness (QED) is 0.334. The summed E-state index contributed by atoms with van der Waals surface area (Å²) in [4.78, 5) is 4.42. The van der Waals surface area contributed by atoms with Crippen LogP contribution in [0.25, 0.3) is 0 Å². The van der Waals surface area contributed by atoms with Crippen LogP contribution in [-0.4, -0.2) is 23.4 Å². The van der Waals surface area contributed by atoms with Crippen LogP contribution in [0, 0.1) is 9.39 Å². The predicted molar refractivity (Wildman–Crippen MR) is 95.1 cm³/mol. The van der Waals surface area contributed by atoms with Gasteiger partial charge in [-0.15, -0.1) is 0 Å². The van der Waals surface area contributed by atoms with Crippen molar-refractivity contribution in [3.05, 3.63) is 33.1 Å². The normalized spacial score (nSPS) is 18.0. The molecule has 0 bridgehead atoms. The molecule has 2 rings (SSSR count). The summed E-state index contributed by atoms with van der Waals surface area (Å²) in [6.07, 6.45) is 1.73. The van der Waals surface area contributed by atoms with Crippen molar-refractivity contribution in [1.29, 1.82) is 0 Å². The number of hydrogen-bond acceptors (Lipinski definition) is 4. The fourth-order valence-electron chi connectivity index (χ4n) is 2.22. The zero-order valence-corrected chi connectivity index (χ0v) is 15.5. The van der Waals surface area contributed by atoms with Crippen molar-refractivity contribution >= 4 is 39.3 Å². The molecule has 0 saturated heterocycles. The van der Waals surface area contributed by atoms with Gasteiger partial charge in [0.1, 0.15) is 5.82 Å². The second-order valence-electron chi connectivity index (χ2n) is 5.55. The van der Waals surface area contributed by atoms with Crippen LogP contribution < -0.4 is 5.73 Å². The molecule has 0 unspecified atom stereocenters. The zero-order valence-electron chi connectivity index (χ0n) is 12.6. The van der Waals surface area contributed by atoms with E-state index in [2.05, 4.69) is 31.9 Å². The molecule has 5 nitrogen and oxygen atoms in total. The third-order valence-corrected chi connectivity index (χ3v) is 5.22. The van der Waals surface area contributed by atoms with Crippen LogP contribution in [-0.2, 0) is 20.5 Å². The van der Waals surface area contributed by atoms with Crippen LogP contribution in [0.15, 0.2) is 27.6 Å². The first-order valence-corrected chi connectivity index (χ1v) is 9.13. The number of halogens is 2. The number of aliphatic imine (C=N–C) groups is 1. The second kappa shape index (κ2) is 7.12. The van der Waals surface area contributed by atoms with Crippen LogP contribution >= 0.6 is 22.6 Å². The lowest BCUT2D eigenvalue weighted by atomic mass is 9.94. The minimum Gasteiger partial charge on any atom is -0.424 e. The molecule has 1 heterocycles. The van der Waals surface area contributed by atoms with Crippen molar-refractivity contribution in [2.45, 2.75) is 32.2 Å². The van der Waals surface area contributed by atoms with Gasteiger partial charge in [0.25, 0.3) is 0 Å². The maximum atomic E-state index is 14.1. The molecule has 0 amide bonds. The van der Waals surface area contributed by atoms with Gasteiger partial charge in [0.15, 0.2) is 5.96 Å². The van der Waals surface area contributed by atoms with Crippen LogP contribution in [0.2, 0.25) is 0 Å². The summed E-state index contributed by atoms with van der Waals surface area (Å²) in [5.41, 5.74) is 5.62. The van der Waals surface area contributed by atoms with Crippen molar-refractivity contribution in [3.63, 3.8) is 0 Å². The Balaban J connectivity index is 2.36. The van der Waals surface area contributed by atoms with Gasteiger partial charge in [-0.3, -0.25) is 0 Å². The maximum Gasteiger partial charge on any atom is 0.175 e. The molecule has 0 fully saturated rings. The molecule has 0 atom stereocenters. The van der Waals surface area contributed by atoms with Crippen LogP contribution in [0.3, 0.4) is 0 Å². The molecule has 1 aromatic rings. The van der Waals surface area contributed by atoms with Gasteiger partial charge in [0.2, 0.25) is 0 Å². The van der Waals surface area contributed by atoms with E-state index in [1.165, 1.54) is 10.4 Å². The molecule has 0 radical (unpaired) electrons. The number of rotatable bonds is 2. The Morgan fingerprint density at radius 1 is 1.50 bits per heavy atom. The summed E-state index contributed by atoms with van der Waals surface area (Å²) in [5.74, 6) is -0.198. The standard InChI is InChI=1S/C14H19FIN4OS/c1-14(2,11-9-10(16)5-6-12(11)15)19-13(17)20-8-4-3-7-18-22(20)21/h5-6,9H,3-4,7-8H2,1-2H3,(H2,17,19)/q-1. The summed E-state index contributed by atoms with van der Waals surface area (Å²) < 4.78 is 32.5. The van der Waals surface area contributed by atoms with Gasteiger partial charge in [-0.05, 0) is 67.5 Å². The molecule has 0 spiro atoms. The second-order valence-corrected chi connectivity index (χ2v) is 7.95. The molecule has 1 aliphatic heterocycles. The Bertz CT molecular complexity index is 671. The van der Waals surface area contributed by atoms with Gasteiger partial charge in [-0.2, -0.15) is 0 Å². The van der Waals surface area contributed by atoms with E-state index in [9.17, 15) is 8.60 Å². The first kappa shape index (κ1) is 17.5. The zero-order chi connectivity index (χ0) is 16.3. The molecule has 8 heteroatoms. The third kappa shape index (κ3) is 4.09. The molecule has 122 valence electrons. The summed E-state index contributed by atoms with van der Waals surface area (Å²) in [5, 5.41) is 0. The highest BCUT2D eigenvalue weighted by Crippen LogP contribution is 2.29. The summed E-state index contributed by atoms with van der Waals surface area (Å²) in [6.45, 7) is 4.67. The molecule has 2 N–H and O–H groups in total. The van der Waals surface area contributed by atoms with Gasteiger partial charge < -0.3 is 18.6 Å². The Hall–Kier alpha value is -0.900. The van der Waals surface area contributed by atoms with E-state index in [1.54, 1.807) is 26.0 Å². The van der Waals surface area contributed by atoms with E-state index in [-0.39, 0.29) is 11.8 Å². The SMILES string of the molecule is CC(C)(N=C(N)N1CCCCN=[S-]1=O)c1cc(I)ccc1F. The minimum atomic E-state index is -1.52. The summed E-state index contributed by atoms with van der Waals surface area (Å²) >= 11 is 2.13. The molecular formula is C14H19FIN4OS-. The molecule has 22 heavy (non-hydrogen) atoms. The fourth-order valence-corrected chi connectivity index (χ4v) is 3.62. The van der Waals surface area contributed by atoms with Crippen molar-refractivity contribution in [3.8, 4) is 0 Å². The average molecular weight is 437 g/mol. The Morgan fingerprint density at radius 3 is 2.95 bits per heavy atom. The number of guanidine groups is 1. The Morgan fingerprint density at radius 2 is 2.23 bits per heavy atom. The van der Waals surface area contributed by atoms with Gasteiger partial charge >= 0.3 is 0 Å². The molecule has 1 aliphatic rings. The van der Waals surface area contributed by atoms with Gasteiger partial charge in [0, 0.05) is 22.2 Å². The summed E-state index contributed by atoms with van der Waals surface area (Å²) in [6, 6.07) is 4.87. The van der Waals surface area contributed by atoms with E-state index in [0.717, 1.165) is 16.4 Å². The van der Waals surface area contributed by atoms with E-state index < -0.39 is 16.3 Å². The molecule has 0 saturated carbocycles. The lowest BCUT2D eigenvalue weighted by Crippen LogP contribution is -2.38. The largest absolute Gasteiger partial charge is 0.424 e. The van der Waals surface area contributed by atoms with Crippen molar-refractivity contribution in [2.24, 2.45) is 15.1 Å². The number of benzene rings is 1. The molecule has 1 aromatic carbocycles. The topological polar surface area (TPSA) is 71.0 Å². The van der Waals surface area contributed by atoms with Crippen molar-refractivity contribution in [1.82, 2.24) is 4.31 Å². The lowest BCUT2D eigenvalue weighted by Gasteiger charge is -2.30. The number of nitrogens with two attached hydrogens (primary N) is 1.